The van der Waals surface area contributed by atoms with Crippen molar-refractivity contribution in [2.45, 2.75) is 33.1 Å². The Labute approximate surface area is 99.9 Å². The lowest BCUT2D eigenvalue weighted by Gasteiger charge is -2.04. The average molecular weight is 232 g/mol. The highest BCUT2D eigenvalue weighted by molar-refractivity contribution is 5.90. The second-order valence-corrected chi connectivity index (χ2v) is 4.03. The van der Waals surface area contributed by atoms with Crippen molar-refractivity contribution in [1.82, 2.24) is 14.6 Å². The van der Waals surface area contributed by atoms with Gasteiger partial charge >= 0.3 is 0 Å². The minimum atomic E-state index is 0.0445. The summed E-state index contributed by atoms with van der Waals surface area (Å²) >= 11 is 0. The van der Waals surface area contributed by atoms with Gasteiger partial charge in [0.15, 0.2) is 5.65 Å². The van der Waals surface area contributed by atoms with E-state index in [1.54, 1.807) is 10.7 Å². The van der Waals surface area contributed by atoms with E-state index in [-0.39, 0.29) is 5.91 Å². The molecule has 0 radical (unpaired) electrons. The second kappa shape index (κ2) is 4.95. The summed E-state index contributed by atoms with van der Waals surface area (Å²) in [6.07, 6.45) is 4.27. The summed E-state index contributed by atoms with van der Waals surface area (Å²) < 4.78 is 1.67. The molecule has 0 aliphatic heterocycles. The van der Waals surface area contributed by atoms with Gasteiger partial charge in [-0.25, -0.2) is 9.50 Å². The van der Waals surface area contributed by atoms with Gasteiger partial charge in [0.25, 0.3) is 0 Å². The van der Waals surface area contributed by atoms with Crippen molar-refractivity contribution in [2.24, 2.45) is 0 Å². The number of aryl methyl sites for hydroxylation is 1. The van der Waals surface area contributed by atoms with Gasteiger partial charge in [0.1, 0.15) is 5.82 Å². The van der Waals surface area contributed by atoms with Gasteiger partial charge in [-0.3, -0.25) is 4.79 Å². The molecule has 0 saturated carbocycles. The van der Waals surface area contributed by atoms with E-state index in [0.717, 1.165) is 30.0 Å². The first-order valence-corrected chi connectivity index (χ1v) is 5.82. The lowest BCUT2D eigenvalue weighted by Crippen LogP contribution is -2.11. The zero-order valence-electron chi connectivity index (χ0n) is 10.1. The number of hydrogen-bond acceptors (Lipinski definition) is 3. The molecule has 5 nitrogen and oxygen atoms in total. The molecule has 2 rings (SSSR count). The van der Waals surface area contributed by atoms with Crippen LogP contribution >= 0.6 is 0 Å². The van der Waals surface area contributed by atoms with Crippen molar-refractivity contribution in [3.63, 3.8) is 0 Å². The molecule has 0 atom stereocenters. The Bertz CT molecular complexity index is 532. The molecule has 17 heavy (non-hydrogen) atoms. The van der Waals surface area contributed by atoms with Gasteiger partial charge in [-0.05, 0) is 25.5 Å². The fourth-order valence-corrected chi connectivity index (χ4v) is 1.63. The standard InChI is InChI=1S/C12H16N4O/c1-3-4-5-12(17)14-10-6-7-11-13-9(2)15-16(11)8-10/h6-8H,3-5H2,1-2H3,(H,14,17). The van der Waals surface area contributed by atoms with Crippen molar-refractivity contribution >= 4 is 17.2 Å². The zero-order chi connectivity index (χ0) is 12.3. The molecule has 1 N–H and O–H groups in total. The van der Waals surface area contributed by atoms with Crippen molar-refractivity contribution in [1.29, 1.82) is 0 Å². The van der Waals surface area contributed by atoms with E-state index in [4.69, 9.17) is 0 Å². The number of carbonyl (C=O) groups is 1. The quantitative estimate of drug-likeness (QED) is 0.878. The number of anilines is 1. The topological polar surface area (TPSA) is 59.3 Å². The van der Waals surface area contributed by atoms with E-state index in [0.29, 0.717) is 6.42 Å². The van der Waals surface area contributed by atoms with Crippen LogP contribution < -0.4 is 5.32 Å². The van der Waals surface area contributed by atoms with Crippen molar-refractivity contribution < 1.29 is 4.79 Å². The fraction of sp³-hybridized carbons (Fsp3) is 0.417. The summed E-state index contributed by atoms with van der Waals surface area (Å²) in [5, 5.41) is 7.05. The summed E-state index contributed by atoms with van der Waals surface area (Å²) in [6, 6.07) is 3.68. The predicted octanol–water partition coefficient (Wildman–Crippen LogP) is 2.17. The fourth-order valence-electron chi connectivity index (χ4n) is 1.63. The van der Waals surface area contributed by atoms with Crippen LogP contribution in [0.1, 0.15) is 32.0 Å². The number of nitrogens with one attached hydrogen (secondary N) is 1. The summed E-state index contributed by atoms with van der Waals surface area (Å²) in [5.41, 5.74) is 1.54. The summed E-state index contributed by atoms with van der Waals surface area (Å²) in [5.74, 6) is 0.766. The minimum Gasteiger partial charge on any atom is -0.325 e. The predicted molar refractivity (Wildman–Crippen MR) is 65.9 cm³/mol. The highest BCUT2D eigenvalue weighted by Gasteiger charge is 2.04. The third-order valence-electron chi connectivity index (χ3n) is 2.48. The SMILES string of the molecule is CCCCC(=O)Nc1ccc2nc(C)nn2c1. The number of unbranched alkanes of at least 4 members (excludes halogenated alkanes) is 1. The van der Waals surface area contributed by atoms with Gasteiger partial charge in [-0.2, -0.15) is 5.10 Å². The Kier molecular flexibility index (Phi) is 3.37. The van der Waals surface area contributed by atoms with Gasteiger partial charge < -0.3 is 5.32 Å². The number of amides is 1. The molecule has 0 fully saturated rings. The molecule has 90 valence electrons. The molecule has 1 amide bonds. The van der Waals surface area contributed by atoms with Crippen LogP contribution in [0.4, 0.5) is 5.69 Å². The molecule has 2 aromatic heterocycles. The summed E-state index contributed by atoms with van der Waals surface area (Å²) in [4.78, 5) is 15.8. The first-order chi connectivity index (χ1) is 8.19. The maximum atomic E-state index is 11.6. The number of nitrogens with zero attached hydrogens (tertiary/aromatic N) is 3. The summed E-state index contributed by atoms with van der Waals surface area (Å²) in [6.45, 7) is 3.91. The molecule has 0 aliphatic carbocycles. The van der Waals surface area contributed by atoms with Crippen LogP contribution in [0.3, 0.4) is 0 Å². The van der Waals surface area contributed by atoms with E-state index in [9.17, 15) is 4.79 Å². The molecular weight excluding hydrogens is 216 g/mol. The monoisotopic (exact) mass is 232 g/mol. The Hall–Kier alpha value is -1.91. The van der Waals surface area contributed by atoms with Crippen LogP contribution in [0.5, 0.6) is 0 Å². The number of fused-ring (bicyclic) bond motifs is 1. The number of aromatic nitrogens is 3. The molecule has 0 aromatic carbocycles. The molecule has 0 spiro atoms. The van der Waals surface area contributed by atoms with E-state index in [1.807, 2.05) is 19.1 Å². The van der Waals surface area contributed by atoms with Crippen LogP contribution in [0, 0.1) is 6.92 Å². The molecule has 2 heterocycles. The van der Waals surface area contributed by atoms with Crippen LogP contribution in [0.15, 0.2) is 18.3 Å². The van der Waals surface area contributed by atoms with Crippen molar-refractivity contribution in [3.8, 4) is 0 Å². The summed E-state index contributed by atoms with van der Waals surface area (Å²) in [7, 11) is 0. The Morgan fingerprint density at radius 3 is 3.06 bits per heavy atom. The van der Waals surface area contributed by atoms with Gasteiger partial charge in [0, 0.05) is 6.42 Å². The van der Waals surface area contributed by atoms with E-state index < -0.39 is 0 Å². The first-order valence-electron chi connectivity index (χ1n) is 5.82. The lowest BCUT2D eigenvalue weighted by molar-refractivity contribution is -0.116. The molecule has 0 bridgehead atoms. The highest BCUT2D eigenvalue weighted by Crippen LogP contribution is 2.10. The van der Waals surface area contributed by atoms with Crippen molar-refractivity contribution in [2.75, 3.05) is 5.32 Å². The maximum absolute atomic E-state index is 11.6. The third-order valence-corrected chi connectivity index (χ3v) is 2.48. The number of hydrogen-bond donors (Lipinski definition) is 1. The molecule has 0 aliphatic rings. The largest absolute Gasteiger partial charge is 0.325 e. The number of pyridine rings is 1. The smallest absolute Gasteiger partial charge is 0.224 e. The zero-order valence-corrected chi connectivity index (χ0v) is 10.1. The van der Waals surface area contributed by atoms with Crippen molar-refractivity contribution in [3.05, 3.63) is 24.2 Å². The lowest BCUT2D eigenvalue weighted by atomic mass is 10.2. The van der Waals surface area contributed by atoms with Gasteiger partial charge in [-0.15, -0.1) is 0 Å². The van der Waals surface area contributed by atoms with Crippen LogP contribution in [0.25, 0.3) is 5.65 Å². The normalized spacial score (nSPS) is 10.7. The van der Waals surface area contributed by atoms with Crippen LogP contribution in [-0.4, -0.2) is 20.5 Å². The second-order valence-electron chi connectivity index (χ2n) is 4.03. The molecule has 0 saturated heterocycles. The van der Waals surface area contributed by atoms with E-state index >= 15 is 0 Å². The van der Waals surface area contributed by atoms with Gasteiger partial charge in [0.2, 0.25) is 5.91 Å². The molecule has 5 heteroatoms. The van der Waals surface area contributed by atoms with E-state index in [2.05, 4.69) is 22.3 Å². The molecular formula is C12H16N4O. The van der Waals surface area contributed by atoms with E-state index in [1.165, 1.54) is 0 Å². The van der Waals surface area contributed by atoms with Gasteiger partial charge in [-0.1, -0.05) is 13.3 Å². The number of carbonyl (C=O) groups excluding carboxylic acids is 1. The number of rotatable bonds is 4. The Morgan fingerprint density at radius 2 is 2.29 bits per heavy atom. The minimum absolute atomic E-state index is 0.0445. The van der Waals surface area contributed by atoms with Gasteiger partial charge in [0.05, 0.1) is 11.9 Å². The van der Waals surface area contributed by atoms with Crippen LogP contribution in [0.2, 0.25) is 0 Å². The maximum Gasteiger partial charge on any atom is 0.224 e. The molecule has 0 unspecified atom stereocenters. The average Bonchev–Trinajstić information content (AvgIpc) is 2.65. The first kappa shape index (κ1) is 11.6. The third kappa shape index (κ3) is 2.81. The molecule has 2 aromatic rings. The van der Waals surface area contributed by atoms with Crippen LogP contribution in [-0.2, 0) is 4.79 Å². The highest BCUT2D eigenvalue weighted by atomic mass is 16.1. The Balaban J connectivity index is 2.10. The Morgan fingerprint density at radius 1 is 1.47 bits per heavy atom.